The molecule has 0 aliphatic rings. The maximum atomic E-state index is 11.7. The van der Waals surface area contributed by atoms with E-state index in [1.807, 2.05) is 32.9 Å². The molecule has 0 saturated carbocycles. The summed E-state index contributed by atoms with van der Waals surface area (Å²) in [5.41, 5.74) is 12.5. The van der Waals surface area contributed by atoms with Gasteiger partial charge >= 0.3 is 5.97 Å². The third-order valence-corrected chi connectivity index (χ3v) is 2.14. The van der Waals surface area contributed by atoms with Crippen LogP contribution in [0.2, 0.25) is 0 Å². The monoisotopic (exact) mass is 236 g/mol. The van der Waals surface area contributed by atoms with Crippen LogP contribution in [0.4, 0.5) is 5.69 Å². The number of hydrogen-bond acceptors (Lipinski definition) is 4. The van der Waals surface area contributed by atoms with Crippen LogP contribution in [-0.2, 0) is 16.0 Å². The Bertz CT molecular complexity index is 379. The van der Waals surface area contributed by atoms with Crippen LogP contribution in [0.25, 0.3) is 0 Å². The third-order valence-electron chi connectivity index (χ3n) is 2.14. The van der Waals surface area contributed by atoms with E-state index in [2.05, 4.69) is 0 Å². The summed E-state index contributed by atoms with van der Waals surface area (Å²) in [5.74, 6) is -0.380. The van der Waals surface area contributed by atoms with Gasteiger partial charge in [0.2, 0.25) is 0 Å². The van der Waals surface area contributed by atoms with Gasteiger partial charge in [0.25, 0.3) is 0 Å². The van der Waals surface area contributed by atoms with Gasteiger partial charge in [-0.05, 0) is 44.9 Å². The molecule has 0 fully saturated rings. The molecule has 0 aliphatic carbocycles. The zero-order chi connectivity index (χ0) is 13.1. The molecule has 0 bridgehead atoms. The number of hydrogen-bond donors (Lipinski definition) is 2. The second-order valence-corrected chi connectivity index (χ2v) is 5.09. The molecule has 4 heteroatoms. The van der Waals surface area contributed by atoms with Crippen LogP contribution >= 0.6 is 0 Å². The molecule has 0 saturated heterocycles. The predicted octanol–water partition coefficient (Wildman–Crippen LogP) is 1.48. The zero-order valence-electron chi connectivity index (χ0n) is 10.6. The van der Waals surface area contributed by atoms with Gasteiger partial charge in [0, 0.05) is 5.69 Å². The summed E-state index contributed by atoms with van der Waals surface area (Å²) in [6.07, 6.45) is 0.454. The molecule has 1 unspecified atom stereocenters. The third kappa shape index (κ3) is 4.87. The standard InChI is InChI=1S/C13H20N2O2/c1-13(2,3)17-12(16)11(15)8-9-4-6-10(14)7-5-9/h4-7,11H,8,14-15H2,1-3H3. The minimum atomic E-state index is -0.641. The predicted molar refractivity (Wildman–Crippen MR) is 68.4 cm³/mol. The summed E-state index contributed by atoms with van der Waals surface area (Å²) >= 11 is 0. The van der Waals surface area contributed by atoms with E-state index in [0.717, 1.165) is 5.56 Å². The van der Waals surface area contributed by atoms with Crippen molar-refractivity contribution in [2.75, 3.05) is 5.73 Å². The number of nitrogens with two attached hydrogens (primary N) is 2. The van der Waals surface area contributed by atoms with E-state index in [4.69, 9.17) is 16.2 Å². The largest absolute Gasteiger partial charge is 0.459 e. The number of rotatable bonds is 3. The minimum absolute atomic E-state index is 0.380. The highest BCUT2D eigenvalue weighted by Crippen LogP contribution is 2.11. The lowest BCUT2D eigenvalue weighted by molar-refractivity contribution is -0.156. The number of benzene rings is 1. The summed E-state index contributed by atoms with van der Waals surface area (Å²) in [6.45, 7) is 5.46. The van der Waals surface area contributed by atoms with E-state index in [1.165, 1.54) is 0 Å². The molecule has 0 spiro atoms. The molecule has 1 rings (SSSR count). The molecule has 1 aromatic rings. The van der Waals surface area contributed by atoms with Crippen molar-refractivity contribution in [1.29, 1.82) is 0 Å². The summed E-state index contributed by atoms with van der Waals surface area (Å²) in [7, 11) is 0. The number of ether oxygens (including phenoxy) is 1. The molecule has 1 aromatic carbocycles. The van der Waals surface area contributed by atoms with Crippen LogP contribution in [-0.4, -0.2) is 17.6 Å². The van der Waals surface area contributed by atoms with Crippen molar-refractivity contribution in [2.45, 2.75) is 38.8 Å². The normalized spacial score (nSPS) is 13.2. The highest BCUT2D eigenvalue weighted by molar-refractivity contribution is 5.76. The van der Waals surface area contributed by atoms with Crippen LogP contribution in [0.5, 0.6) is 0 Å². The van der Waals surface area contributed by atoms with Crippen molar-refractivity contribution in [3.63, 3.8) is 0 Å². The van der Waals surface area contributed by atoms with Gasteiger partial charge < -0.3 is 16.2 Å². The average Bonchev–Trinajstić information content (AvgIpc) is 2.19. The lowest BCUT2D eigenvalue weighted by atomic mass is 10.1. The molecule has 4 N–H and O–H groups in total. The second-order valence-electron chi connectivity index (χ2n) is 5.09. The topological polar surface area (TPSA) is 78.3 Å². The van der Waals surface area contributed by atoms with E-state index in [-0.39, 0.29) is 5.97 Å². The van der Waals surface area contributed by atoms with E-state index in [9.17, 15) is 4.79 Å². The molecule has 0 aromatic heterocycles. The number of nitrogen functional groups attached to an aromatic ring is 1. The summed E-state index contributed by atoms with van der Waals surface area (Å²) in [4.78, 5) is 11.7. The van der Waals surface area contributed by atoms with Gasteiger partial charge in [-0.1, -0.05) is 12.1 Å². The van der Waals surface area contributed by atoms with E-state index < -0.39 is 11.6 Å². The molecule has 0 radical (unpaired) electrons. The Morgan fingerprint density at radius 2 is 1.82 bits per heavy atom. The second kappa shape index (κ2) is 5.19. The van der Waals surface area contributed by atoms with Gasteiger partial charge in [0.05, 0.1) is 0 Å². The first kappa shape index (κ1) is 13.5. The van der Waals surface area contributed by atoms with Crippen molar-refractivity contribution < 1.29 is 9.53 Å². The Morgan fingerprint density at radius 1 is 1.29 bits per heavy atom. The fourth-order valence-electron chi connectivity index (χ4n) is 1.37. The van der Waals surface area contributed by atoms with Crippen LogP contribution < -0.4 is 11.5 Å². The highest BCUT2D eigenvalue weighted by Gasteiger charge is 2.22. The lowest BCUT2D eigenvalue weighted by Gasteiger charge is -2.22. The maximum absolute atomic E-state index is 11.7. The smallest absolute Gasteiger partial charge is 0.323 e. The van der Waals surface area contributed by atoms with Gasteiger partial charge in [-0.25, -0.2) is 0 Å². The van der Waals surface area contributed by atoms with Gasteiger partial charge in [-0.15, -0.1) is 0 Å². The van der Waals surface area contributed by atoms with Crippen molar-refractivity contribution in [2.24, 2.45) is 5.73 Å². The zero-order valence-corrected chi connectivity index (χ0v) is 10.6. The number of carbonyl (C=O) groups excluding carboxylic acids is 1. The first-order valence-electron chi connectivity index (χ1n) is 5.61. The average molecular weight is 236 g/mol. The minimum Gasteiger partial charge on any atom is -0.459 e. The Kier molecular flexibility index (Phi) is 4.12. The molecule has 4 nitrogen and oxygen atoms in total. The van der Waals surface area contributed by atoms with Crippen molar-refractivity contribution >= 4 is 11.7 Å². The molecule has 0 heterocycles. The molecular weight excluding hydrogens is 216 g/mol. The Balaban J connectivity index is 2.57. The number of carbonyl (C=O) groups is 1. The van der Waals surface area contributed by atoms with Gasteiger partial charge in [0.15, 0.2) is 0 Å². The van der Waals surface area contributed by atoms with Gasteiger partial charge in [0.1, 0.15) is 11.6 Å². The summed E-state index contributed by atoms with van der Waals surface area (Å²) < 4.78 is 5.21. The van der Waals surface area contributed by atoms with Crippen molar-refractivity contribution in [3.05, 3.63) is 29.8 Å². The Morgan fingerprint density at radius 3 is 2.29 bits per heavy atom. The Labute approximate surface area is 102 Å². The lowest BCUT2D eigenvalue weighted by Crippen LogP contribution is -2.38. The van der Waals surface area contributed by atoms with Crippen LogP contribution in [0, 0.1) is 0 Å². The quantitative estimate of drug-likeness (QED) is 0.615. The van der Waals surface area contributed by atoms with E-state index in [1.54, 1.807) is 12.1 Å². The van der Waals surface area contributed by atoms with Crippen LogP contribution in [0.3, 0.4) is 0 Å². The fourth-order valence-corrected chi connectivity index (χ4v) is 1.37. The van der Waals surface area contributed by atoms with E-state index >= 15 is 0 Å². The number of anilines is 1. The first-order chi connectivity index (χ1) is 7.78. The molecule has 1 atom stereocenters. The molecule has 0 amide bonds. The van der Waals surface area contributed by atoms with Crippen molar-refractivity contribution in [3.8, 4) is 0 Å². The highest BCUT2D eigenvalue weighted by atomic mass is 16.6. The van der Waals surface area contributed by atoms with E-state index in [0.29, 0.717) is 12.1 Å². The van der Waals surface area contributed by atoms with Crippen LogP contribution in [0.1, 0.15) is 26.3 Å². The SMILES string of the molecule is CC(C)(C)OC(=O)C(N)Cc1ccc(N)cc1. The van der Waals surface area contributed by atoms with Crippen LogP contribution in [0.15, 0.2) is 24.3 Å². The van der Waals surface area contributed by atoms with Gasteiger partial charge in [-0.3, -0.25) is 4.79 Å². The molecule has 17 heavy (non-hydrogen) atoms. The van der Waals surface area contributed by atoms with Gasteiger partial charge in [-0.2, -0.15) is 0 Å². The summed E-state index contributed by atoms with van der Waals surface area (Å²) in [6, 6.07) is 6.66. The number of esters is 1. The first-order valence-corrected chi connectivity index (χ1v) is 5.61. The summed E-state index contributed by atoms with van der Waals surface area (Å²) in [5, 5.41) is 0. The maximum Gasteiger partial charge on any atom is 0.323 e. The molecular formula is C13H20N2O2. The van der Waals surface area contributed by atoms with Crippen molar-refractivity contribution in [1.82, 2.24) is 0 Å². The fraction of sp³-hybridized carbons (Fsp3) is 0.462. The Hall–Kier alpha value is -1.55. The molecule has 0 aliphatic heterocycles. The molecule has 94 valence electrons.